The number of ether oxygens (including phenoxy) is 1. The molecule has 21 heavy (non-hydrogen) atoms. The minimum absolute atomic E-state index is 0.0101. The molecular weight excluding hydrogens is 287 g/mol. The van der Waals surface area contributed by atoms with Crippen molar-refractivity contribution in [1.29, 1.82) is 0 Å². The van der Waals surface area contributed by atoms with Gasteiger partial charge in [-0.05, 0) is 49.5 Å². The molecule has 3 nitrogen and oxygen atoms in total. The third-order valence-corrected chi connectivity index (χ3v) is 5.96. The fourth-order valence-electron chi connectivity index (χ4n) is 3.58. The summed E-state index contributed by atoms with van der Waals surface area (Å²) in [5.41, 5.74) is 4.45. The molecular formula is C16H23FN2OS. The number of nitrogens with one attached hydrogen (secondary N) is 1. The lowest BCUT2D eigenvalue weighted by Gasteiger charge is -2.41. The van der Waals surface area contributed by atoms with Crippen LogP contribution in [0, 0.1) is 18.7 Å². The number of thioether (sulfide) groups is 1. The van der Waals surface area contributed by atoms with Gasteiger partial charge in [-0.3, -0.25) is 11.3 Å². The Morgan fingerprint density at radius 3 is 3.05 bits per heavy atom. The molecule has 0 amide bonds. The molecule has 3 unspecified atom stereocenters. The largest absolute Gasteiger partial charge is 0.374 e. The Bertz CT molecular complexity index is 505. The van der Waals surface area contributed by atoms with Crippen molar-refractivity contribution in [2.24, 2.45) is 11.8 Å². The van der Waals surface area contributed by atoms with Crippen LogP contribution in [0.4, 0.5) is 4.39 Å². The van der Waals surface area contributed by atoms with E-state index in [2.05, 4.69) is 5.43 Å². The summed E-state index contributed by atoms with van der Waals surface area (Å²) in [6.45, 7) is 2.65. The van der Waals surface area contributed by atoms with E-state index in [1.165, 1.54) is 0 Å². The average molecular weight is 310 g/mol. The van der Waals surface area contributed by atoms with Crippen molar-refractivity contribution in [1.82, 2.24) is 5.43 Å². The van der Waals surface area contributed by atoms with Gasteiger partial charge >= 0.3 is 0 Å². The highest BCUT2D eigenvalue weighted by molar-refractivity contribution is 7.99. The Kier molecular flexibility index (Phi) is 4.54. The van der Waals surface area contributed by atoms with E-state index < -0.39 is 0 Å². The first kappa shape index (κ1) is 15.3. The molecule has 3 atom stereocenters. The summed E-state index contributed by atoms with van der Waals surface area (Å²) in [4.78, 5) is 0. The second-order valence-corrected chi connectivity index (χ2v) is 7.36. The van der Waals surface area contributed by atoms with Gasteiger partial charge in [0.25, 0.3) is 0 Å². The standard InChI is InChI=1S/C16H23FN2OS/c1-11-2-3-13(14(17)8-11)15(19-18)12-4-6-20-16(9-12)5-7-21-10-16/h2-3,8,12,15,19H,4-7,9-10,18H2,1H3. The van der Waals surface area contributed by atoms with E-state index in [0.29, 0.717) is 11.5 Å². The summed E-state index contributed by atoms with van der Waals surface area (Å²) in [7, 11) is 0. The molecule has 3 rings (SSSR count). The van der Waals surface area contributed by atoms with Crippen LogP contribution in [0.25, 0.3) is 0 Å². The number of hydrogen-bond donors (Lipinski definition) is 2. The van der Waals surface area contributed by atoms with Crippen LogP contribution in [0.3, 0.4) is 0 Å². The van der Waals surface area contributed by atoms with E-state index >= 15 is 0 Å². The van der Waals surface area contributed by atoms with Crippen LogP contribution in [-0.2, 0) is 4.74 Å². The van der Waals surface area contributed by atoms with Crippen LogP contribution in [0.15, 0.2) is 18.2 Å². The van der Waals surface area contributed by atoms with Crippen molar-refractivity contribution in [3.8, 4) is 0 Å². The van der Waals surface area contributed by atoms with Crippen LogP contribution in [0.2, 0.25) is 0 Å². The van der Waals surface area contributed by atoms with Gasteiger partial charge in [0.15, 0.2) is 0 Å². The van der Waals surface area contributed by atoms with Crippen molar-refractivity contribution < 1.29 is 9.13 Å². The highest BCUT2D eigenvalue weighted by atomic mass is 32.2. The normalized spacial score (nSPS) is 30.7. The zero-order valence-electron chi connectivity index (χ0n) is 12.4. The zero-order valence-corrected chi connectivity index (χ0v) is 13.2. The minimum atomic E-state index is -0.167. The number of nitrogens with two attached hydrogens (primary N) is 1. The number of hydrogen-bond acceptors (Lipinski definition) is 4. The van der Waals surface area contributed by atoms with E-state index in [-0.39, 0.29) is 17.5 Å². The van der Waals surface area contributed by atoms with Gasteiger partial charge in [-0.25, -0.2) is 4.39 Å². The van der Waals surface area contributed by atoms with E-state index in [1.54, 1.807) is 6.07 Å². The maximum atomic E-state index is 14.3. The van der Waals surface area contributed by atoms with E-state index in [4.69, 9.17) is 10.6 Å². The van der Waals surface area contributed by atoms with Crippen molar-refractivity contribution in [2.75, 3.05) is 18.1 Å². The molecule has 0 bridgehead atoms. The number of rotatable bonds is 3. The number of hydrazine groups is 1. The lowest BCUT2D eigenvalue weighted by Crippen LogP contribution is -2.45. The summed E-state index contributed by atoms with van der Waals surface area (Å²) in [5.74, 6) is 8.13. The van der Waals surface area contributed by atoms with Crippen LogP contribution in [0.1, 0.15) is 36.4 Å². The SMILES string of the molecule is Cc1ccc(C(NN)C2CCOC3(CCSC3)C2)c(F)c1. The lowest BCUT2D eigenvalue weighted by molar-refractivity contribution is -0.0856. The first-order valence-electron chi connectivity index (χ1n) is 7.57. The third kappa shape index (κ3) is 3.11. The topological polar surface area (TPSA) is 47.3 Å². The van der Waals surface area contributed by atoms with E-state index in [0.717, 1.165) is 42.9 Å². The second-order valence-electron chi connectivity index (χ2n) is 6.26. The molecule has 1 aromatic rings. The summed E-state index contributed by atoms with van der Waals surface area (Å²) >= 11 is 1.95. The maximum absolute atomic E-state index is 14.3. The highest BCUT2D eigenvalue weighted by Crippen LogP contribution is 2.44. The molecule has 5 heteroatoms. The molecule has 0 aliphatic carbocycles. The number of aryl methyl sites for hydroxylation is 1. The first-order valence-corrected chi connectivity index (χ1v) is 8.73. The zero-order chi connectivity index (χ0) is 14.9. The molecule has 0 saturated carbocycles. The van der Waals surface area contributed by atoms with Crippen LogP contribution >= 0.6 is 11.8 Å². The Balaban J connectivity index is 1.82. The van der Waals surface area contributed by atoms with Gasteiger partial charge in [-0.15, -0.1) is 0 Å². The van der Waals surface area contributed by atoms with Gasteiger partial charge < -0.3 is 4.74 Å². The smallest absolute Gasteiger partial charge is 0.128 e. The Morgan fingerprint density at radius 1 is 1.52 bits per heavy atom. The summed E-state index contributed by atoms with van der Waals surface area (Å²) in [6.07, 6.45) is 2.98. The van der Waals surface area contributed by atoms with Crippen LogP contribution in [-0.4, -0.2) is 23.7 Å². The van der Waals surface area contributed by atoms with Gasteiger partial charge in [0.05, 0.1) is 11.6 Å². The molecule has 116 valence electrons. The van der Waals surface area contributed by atoms with Gasteiger partial charge in [0.1, 0.15) is 5.82 Å². The predicted molar refractivity (Wildman–Crippen MR) is 84.6 cm³/mol. The predicted octanol–water partition coefficient (Wildman–Crippen LogP) is 2.94. The van der Waals surface area contributed by atoms with Gasteiger partial charge in [0, 0.05) is 17.9 Å². The molecule has 2 fully saturated rings. The maximum Gasteiger partial charge on any atom is 0.128 e. The van der Waals surface area contributed by atoms with Gasteiger partial charge in [-0.2, -0.15) is 11.8 Å². The molecule has 2 heterocycles. The van der Waals surface area contributed by atoms with Crippen LogP contribution in [0.5, 0.6) is 0 Å². The first-order chi connectivity index (χ1) is 10.1. The lowest BCUT2D eigenvalue weighted by atomic mass is 9.79. The minimum Gasteiger partial charge on any atom is -0.374 e. The molecule has 2 aliphatic rings. The van der Waals surface area contributed by atoms with Gasteiger partial charge in [-0.1, -0.05) is 12.1 Å². The summed E-state index contributed by atoms with van der Waals surface area (Å²) < 4.78 is 20.3. The average Bonchev–Trinajstić information content (AvgIpc) is 2.90. The van der Waals surface area contributed by atoms with E-state index in [9.17, 15) is 4.39 Å². The fourth-order valence-corrected chi connectivity index (χ4v) is 4.96. The van der Waals surface area contributed by atoms with E-state index in [1.807, 2.05) is 30.8 Å². The fraction of sp³-hybridized carbons (Fsp3) is 0.625. The molecule has 2 aliphatic heterocycles. The summed E-state index contributed by atoms with van der Waals surface area (Å²) in [5, 5.41) is 0. The highest BCUT2D eigenvalue weighted by Gasteiger charge is 2.42. The van der Waals surface area contributed by atoms with Crippen molar-refractivity contribution in [3.05, 3.63) is 35.1 Å². The quantitative estimate of drug-likeness (QED) is 0.666. The van der Waals surface area contributed by atoms with Crippen molar-refractivity contribution in [2.45, 2.75) is 37.8 Å². The summed E-state index contributed by atoms with van der Waals surface area (Å²) in [6, 6.07) is 5.25. The van der Waals surface area contributed by atoms with Crippen molar-refractivity contribution >= 4 is 11.8 Å². The molecule has 0 radical (unpaired) electrons. The molecule has 1 spiro atoms. The Morgan fingerprint density at radius 2 is 2.38 bits per heavy atom. The molecule has 1 aromatic carbocycles. The molecule has 2 saturated heterocycles. The van der Waals surface area contributed by atoms with Crippen molar-refractivity contribution in [3.63, 3.8) is 0 Å². The Hall–Kier alpha value is -0.620. The Labute approximate surface area is 129 Å². The molecule has 3 N–H and O–H groups in total. The number of halogens is 1. The van der Waals surface area contributed by atoms with Crippen LogP contribution < -0.4 is 11.3 Å². The third-order valence-electron chi connectivity index (χ3n) is 4.74. The monoisotopic (exact) mass is 310 g/mol. The number of benzene rings is 1. The second kappa shape index (κ2) is 6.24. The van der Waals surface area contributed by atoms with Gasteiger partial charge in [0.2, 0.25) is 0 Å². The molecule has 0 aromatic heterocycles.